The Morgan fingerprint density at radius 2 is 1.22 bits per heavy atom. The number of hydrogen-bond acceptors (Lipinski definition) is 6. The molecule has 0 fully saturated rings. The van der Waals surface area contributed by atoms with Crippen molar-refractivity contribution in [2.24, 2.45) is 0 Å². The lowest BCUT2D eigenvalue weighted by Gasteiger charge is -2.09. The first-order valence-electron chi connectivity index (χ1n) is 19.4. The number of thiophene rings is 2. The molecule has 11 rings (SSSR count). The molecule has 0 aliphatic carbocycles. The summed E-state index contributed by atoms with van der Waals surface area (Å²) in [4.78, 5) is 14.6. The molecule has 0 radical (unpaired) electrons. The Morgan fingerprint density at radius 3 is 2.12 bits per heavy atom. The van der Waals surface area contributed by atoms with Gasteiger partial charge in [-0.2, -0.15) is 0 Å². The van der Waals surface area contributed by atoms with Crippen molar-refractivity contribution in [2.45, 2.75) is 0 Å². The Kier molecular flexibility index (Phi) is 5.08. The molecule has 0 aliphatic heterocycles. The molecule has 4 nitrogen and oxygen atoms in total. The predicted octanol–water partition coefficient (Wildman–Crippen LogP) is 13.2. The minimum atomic E-state index is -0.297. The van der Waals surface area contributed by atoms with Gasteiger partial charge in [-0.05, 0) is 35.9 Å². The number of para-hydroxylation sites is 1. The zero-order valence-corrected chi connectivity index (χ0v) is 28.2. The van der Waals surface area contributed by atoms with Crippen LogP contribution in [0.3, 0.4) is 0 Å². The molecule has 0 N–H and O–H groups in total. The third-order valence-electron chi connectivity index (χ3n) is 9.26. The first kappa shape index (κ1) is 23.2. The molecule has 11 aromatic rings. The smallest absolute Gasteiger partial charge is 0.164 e. The SMILES string of the molecule is [2H]c1c([2H])c([2H])c2c(sc3c([2H])c(-c4nc(-c5ccccc5)nc(-c5ccc6c(c5)sc5ccccc56)n4)c([2H])c([2H])c32)c1-c1cccc2oc3ccccc3c12. The summed E-state index contributed by atoms with van der Waals surface area (Å²) in [7, 11) is 0. The van der Waals surface area contributed by atoms with E-state index in [4.69, 9.17) is 22.1 Å². The molecular formula is C45H25N3OS2. The van der Waals surface area contributed by atoms with Gasteiger partial charge in [0, 0.05) is 73.4 Å². The van der Waals surface area contributed by atoms with Crippen LogP contribution < -0.4 is 0 Å². The van der Waals surface area contributed by atoms with Crippen LogP contribution >= 0.6 is 22.7 Å². The quantitative estimate of drug-likeness (QED) is 0.184. The molecule has 0 aliphatic rings. The largest absolute Gasteiger partial charge is 0.456 e. The van der Waals surface area contributed by atoms with Gasteiger partial charge in [0.2, 0.25) is 0 Å². The Morgan fingerprint density at radius 1 is 0.471 bits per heavy atom. The van der Waals surface area contributed by atoms with Crippen molar-refractivity contribution in [3.8, 4) is 45.3 Å². The Hall–Kier alpha value is -6.21. The van der Waals surface area contributed by atoms with E-state index in [0.29, 0.717) is 43.3 Å². The van der Waals surface area contributed by atoms with Crippen molar-refractivity contribution in [2.75, 3.05) is 0 Å². The fraction of sp³-hybridized carbons (Fsp3) is 0. The number of aromatic nitrogens is 3. The van der Waals surface area contributed by atoms with E-state index in [-0.39, 0.29) is 58.4 Å². The van der Waals surface area contributed by atoms with Gasteiger partial charge in [-0.15, -0.1) is 22.7 Å². The summed E-state index contributed by atoms with van der Waals surface area (Å²) < 4.78 is 65.0. The van der Waals surface area contributed by atoms with Gasteiger partial charge in [-0.25, -0.2) is 15.0 Å². The topological polar surface area (TPSA) is 51.8 Å². The maximum Gasteiger partial charge on any atom is 0.164 e. The zero-order valence-electron chi connectivity index (χ0n) is 32.5. The molecular weight excluding hydrogens is 663 g/mol. The lowest BCUT2D eigenvalue weighted by atomic mass is 9.98. The molecule has 4 heterocycles. The summed E-state index contributed by atoms with van der Waals surface area (Å²) in [5.74, 6) is 0.818. The van der Waals surface area contributed by atoms with Crippen LogP contribution in [0.2, 0.25) is 0 Å². The zero-order chi connectivity index (χ0) is 38.7. The standard InChI is InChI=1S/C45H25N3OS2/c1-2-10-26(11-3-1)43-46-44(27-20-22-30-29-12-5-7-19-38(29)50-39(30)24-27)48-45(47-43)28-21-23-31-33-15-8-16-34(42(33)51-40(31)25-28)32-14-9-18-37-41(32)35-13-4-6-17-36(35)49-37/h1-25H/i8D,15D,16D,21D,23D,25D. The van der Waals surface area contributed by atoms with E-state index in [1.807, 2.05) is 91.0 Å². The Labute approximate surface area is 308 Å². The van der Waals surface area contributed by atoms with Crippen LogP contribution in [-0.2, 0) is 0 Å². The van der Waals surface area contributed by atoms with Crippen molar-refractivity contribution in [3.05, 3.63) is 152 Å². The van der Waals surface area contributed by atoms with Gasteiger partial charge in [0.1, 0.15) is 11.2 Å². The van der Waals surface area contributed by atoms with Gasteiger partial charge in [-0.1, -0.05) is 121 Å². The summed E-state index contributed by atoms with van der Waals surface area (Å²) in [6.45, 7) is 0. The highest BCUT2D eigenvalue weighted by Gasteiger charge is 2.18. The highest BCUT2D eigenvalue weighted by atomic mass is 32.1. The highest BCUT2D eigenvalue weighted by Crippen LogP contribution is 2.45. The van der Waals surface area contributed by atoms with E-state index in [2.05, 4.69) is 24.3 Å². The summed E-state index contributed by atoms with van der Waals surface area (Å²) in [5.41, 5.74) is 3.92. The van der Waals surface area contributed by atoms with E-state index in [0.717, 1.165) is 32.0 Å². The van der Waals surface area contributed by atoms with Gasteiger partial charge in [0.25, 0.3) is 0 Å². The number of nitrogens with zero attached hydrogens (tertiary/aromatic N) is 3. The summed E-state index contributed by atoms with van der Waals surface area (Å²) >= 11 is 2.87. The van der Waals surface area contributed by atoms with Crippen LogP contribution in [-0.4, -0.2) is 15.0 Å². The van der Waals surface area contributed by atoms with Crippen molar-refractivity contribution < 1.29 is 12.6 Å². The first-order chi connectivity index (χ1) is 27.8. The lowest BCUT2D eigenvalue weighted by Crippen LogP contribution is -2.00. The second-order valence-electron chi connectivity index (χ2n) is 12.3. The van der Waals surface area contributed by atoms with E-state index >= 15 is 0 Å². The molecule has 0 spiro atoms. The van der Waals surface area contributed by atoms with Crippen molar-refractivity contribution in [1.29, 1.82) is 0 Å². The molecule has 7 aromatic carbocycles. The second-order valence-corrected chi connectivity index (χ2v) is 14.4. The molecule has 51 heavy (non-hydrogen) atoms. The first-order valence-corrected chi connectivity index (χ1v) is 18.0. The van der Waals surface area contributed by atoms with Crippen LogP contribution in [0.25, 0.3) is 108 Å². The van der Waals surface area contributed by atoms with E-state index < -0.39 is 0 Å². The molecule has 4 aromatic heterocycles. The second kappa shape index (κ2) is 11.2. The predicted molar refractivity (Wildman–Crippen MR) is 215 cm³/mol. The highest BCUT2D eigenvalue weighted by molar-refractivity contribution is 7.26. The van der Waals surface area contributed by atoms with Crippen molar-refractivity contribution >= 4 is 85.0 Å². The third kappa shape index (κ3) is 4.54. The minimum absolute atomic E-state index is 0.0658. The molecule has 6 heteroatoms. The van der Waals surface area contributed by atoms with Gasteiger partial charge in [0.05, 0.1) is 8.22 Å². The molecule has 0 bridgehead atoms. The van der Waals surface area contributed by atoms with Crippen LogP contribution in [0.4, 0.5) is 0 Å². The number of rotatable bonds is 4. The van der Waals surface area contributed by atoms with Crippen LogP contribution in [0.1, 0.15) is 8.22 Å². The van der Waals surface area contributed by atoms with Crippen molar-refractivity contribution in [1.82, 2.24) is 15.0 Å². The molecule has 0 amide bonds. The lowest BCUT2D eigenvalue weighted by molar-refractivity contribution is 0.669. The third-order valence-corrected chi connectivity index (χ3v) is 11.5. The molecule has 0 saturated heterocycles. The normalized spacial score (nSPS) is 13.6. The molecule has 0 saturated carbocycles. The van der Waals surface area contributed by atoms with Gasteiger partial charge < -0.3 is 4.42 Å². The van der Waals surface area contributed by atoms with Crippen LogP contribution in [0.5, 0.6) is 0 Å². The van der Waals surface area contributed by atoms with E-state index in [9.17, 15) is 5.48 Å². The molecule has 0 unspecified atom stereocenters. The average Bonchev–Trinajstić information content (AvgIpc) is 3.94. The van der Waals surface area contributed by atoms with Gasteiger partial charge >= 0.3 is 0 Å². The van der Waals surface area contributed by atoms with Gasteiger partial charge in [-0.3, -0.25) is 0 Å². The number of benzene rings is 7. The van der Waals surface area contributed by atoms with E-state index in [1.165, 1.54) is 21.4 Å². The minimum Gasteiger partial charge on any atom is -0.456 e. The average molecular weight is 694 g/mol. The maximum atomic E-state index is 9.67. The fourth-order valence-corrected chi connectivity index (χ4v) is 9.18. The summed E-state index contributed by atoms with van der Waals surface area (Å²) in [6, 6.07) is 35.9. The molecule has 238 valence electrons. The number of fused-ring (bicyclic) bond motifs is 9. The maximum absolute atomic E-state index is 9.67. The summed E-state index contributed by atoms with van der Waals surface area (Å²) in [6.07, 6.45) is 0. The molecule has 0 atom stereocenters. The number of furan rings is 1. The Balaban J connectivity index is 1.18. The number of hydrogen-bond donors (Lipinski definition) is 0. The fourth-order valence-electron chi connectivity index (χ4n) is 6.90. The van der Waals surface area contributed by atoms with Crippen LogP contribution in [0, 0.1) is 0 Å². The monoisotopic (exact) mass is 693 g/mol. The Bertz CT molecular complexity index is 3510. The van der Waals surface area contributed by atoms with Crippen LogP contribution in [0.15, 0.2) is 156 Å². The van der Waals surface area contributed by atoms with Crippen molar-refractivity contribution in [3.63, 3.8) is 0 Å². The summed E-state index contributed by atoms with van der Waals surface area (Å²) in [5, 5.41) is 4.42. The van der Waals surface area contributed by atoms with Gasteiger partial charge in [0.15, 0.2) is 17.5 Å². The van der Waals surface area contributed by atoms with E-state index in [1.54, 1.807) is 11.3 Å².